The second-order valence-corrected chi connectivity index (χ2v) is 8.68. The number of fused-ring (bicyclic) bond motifs is 1. The summed E-state index contributed by atoms with van der Waals surface area (Å²) in [6.07, 6.45) is 3.09. The maximum atomic E-state index is 12.3. The van der Waals surface area contributed by atoms with Gasteiger partial charge in [0.05, 0.1) is 5.54 Å². The number of rotatable bonds is 3. The summed E-state index contributed by atoms with van der Waals surface area (Å²) in [5.74, 6) is -1.63. The zero-order valence-electron chi connectivity index (χ0n) is 12.7. The lowest BCUT2D eigenvalue weighted by atomic mass is 9.94. The van der Waals surface area contributed by atoms with Gasteiger partial charge in [0.2, 0.25) is 11.8 Å². The van der Waals surface area contributed by atoms with Gasteiger partial charge in [-0.3, -0.25) is 9.59 Å². The third-order valence-corrected chi connectivity index (χ3v) is 6.48. The van der Waals surface area contributed by atoms with Crippen molar-refractivity contribution in [2.75, 3.05) is 0 Å². The smallest absolute Gasteiger partial charge is 0.327 e. The van der Waals surface area contributed by atoms with Crippen LogP contribution in [0.25, 0.3) is 0 Å². The van der Waals surface area contributed by atoms with E-state index in [0.29, 0.717) is 12.8 Å². The lowest BCUT2D eigenvalue weighted by molar-refractivity contribution is -0.161. The quantitative estimate of drug-likeness (QED) is 0.624. The standard InChI is InChI=1S/C14H21N3O4S/c1-13(2)8(11(19)20)17-9(18)7(10(17)22-13)16-12(21)14(15)5-3-4-6-14/h7-8,10H,3-6,15H2,1-2H3,(H,16,21)(H,19,20)/t7-,8-,10-/m1/s1. The van der Waals surface area contributed by atoms with Crippen molar-refractivity contribution in [1.29, 1.82) is 0 Å². The molecule has 0 unspecified atom stereocenters. The third-order valence-electron chi connectivity index (χ3n) is 4.91. The van der Waals surface area contributed by atoms with E-state index in [4.69, 9.17) is 5.73 Å². The number of thioether (sulfide) groups is 1. The van der Waals surface area contributed by atoms with Gasteiger partial charge in [0.25, 0.3) is 0 Å². The maximum Gasteiger partial charge on any atom is 0.327 e. The number of aliphatic carboxylic acids is 1. The van der Waals surface area contributed by atoms with E-state index >= 15 is 0 Å². The van der Waals surface area contributed by atoms with Gasteiger partial charge in [0.1, 0.15) is 17.5 Å². The molecule has 3 fully saturated rings. The fourth-order valence-electron chi connectivity index (χ4n) is 3.66. The highest BCUT2D eigenvalue weighted by Gasteiger charge is 2.64. The third kappa shape index (κ3) is 2.11. The predicted molar refractivity (Wildman–Crippen MR) is 81.0 cm³/mol. The molecule has 0 spiro atoms. The van der Waals surface area contributed by atoms with Crippen LogP contribution in [0, 0.1) is 0 Å². The zero-order chi connectivity index (χ0) is 16.3. The number of carbonyl (C=O) groups is 3. The summed E-state index contributed by atoms with van der Waals surface area (Å²) in [7, 11) is 0. The lowest BCUT2D eigenvalue weighted by Gasteiger charge is -2.44. The second kappa shape index (κ2) is 4.86. The van der Waals surface area contributed by atoms with Crippen LogP contribution in [0.15, 0.2) is 0 Å². The van der Waals surface area contributed by atoms with E-state index in [2.05, 4.69) is 5.32 Å². The number of nitrogens with two attached hydrogens (primary N) is 1. The summed E-state index contributed by atoms with van der Waals surface area (Å²) in [4.78, 5) is 37.4. The van der Waals surface area contributed by atoms with E-state index in [1.54, 1.807) is 0 Å². The Balaban J connectivity index is 1.73. The van der Waals surface area contributed by atoms with Gasteiger partial charge in [0, 0.05) is 4.75 Å². The molecular formula is C14H21N3O4S. The van der Waals surface area contributed by atoms with Crippen LogP contribution in [-0.4, -0.2) is 55.5 Å². The van der Waals surface area contributed by atoms with Crippen molar-refractivity contribution >= 4 is 29.5 Å². The summed E-state index contributed by atoms with van der Waals surface area (Å²) in [6.45, 7) is 3.62. The van der Waals surface area contributed by atoms with Gasteiger partial charge in [-0.25, -0.2) is 4.79 Å². The molecule has 0 aromatic heterocycles. The van der Waals surface area contributed by atoms with Crippen molar-refractivity contribution in [1.82, 2.24) is 10.2 Å². The van der Waals surface area contributed by atoms with Gasteiger partial charge in [-0.05, 0) is 26.7 Å². The first-order valence-corrected chi connectivity index (χ1v) is 8.38. The van der Waals surface area contributed by atoms with Crippen LogP contribution < -0.4 is 11.1 Å². The van der Waals surface area contributed by atoms with Crippen molar-refractivity contribution in [3.63, 3.8) is 0 Å². The molecule has 3 rings (SSSR count). The maximum absolute atomic E-state index is 12.3. The van der Waals surface area contributed by atoms with E-state index in [9.17, 15) is 19.5 Å². The highest BCUT2D eigenvalue weighted by atomic mass is 32.2. The molecule has 122 valence electrons. The number of carboxylic acid groups (broad SMARTS) is 1. The number of β-lactam (4-membered cyclic amide) rings is 1. The number of nitrogens with zero attached hydrogens (tertiary/aromatic N) is 1. The van der Waals surface area contributed by atoms with Crippen LogP contribution in [0.3, 0.4) is 0 Å². The van der Waals surface area contributed by atoms with Crippen molar-refractivity contribution in [2.24, 2.45) is 5.73 Å². The lowest BCUT2D eigenvalue weighted by Crippen LogP contribution is -2.72. The average Bonchev–Trinajstić information content (AvgIpc) is 2.96. The summed E-state index contributed by atoms with van der Waals surface area (Å²) >= 11 is 1.42. The summed E-state index contributed by atoms with van der Waals surface area (Å²) in [5, 5.41) is 11.8. The van der Waals surface area contributed by atoms with E-state index in [0.717, 1.165) is 12.8 Å². The molecule has 2 aliphatic heterocycles. The second-order valence-electron chi connectivity index (χ2n) is 6.91. The van der Waals surface area contributed by atoms with Gasteiger partial charge >= 0.3 is 5.97 Å². The number of nitrogens with one attached hydrogen (secondary N) is 1. The van der Waals surface area contributed by atoms with E-state index in [1.807, 2.05) is 13.8 Å². The molecule has 0 bridgehead atoms. The fourth-order valence-corrected chi connectivity index (χ4v) is 5.29. The Bertz CT molecular complexity index is 544. The molecule has 7 nitrogen and oxygen atoms in total. The molecule has 3 aliphatic rings. The Kier molecular flexibility index (Phi) is 3.45. The molecule has 2 saturated heterocycles. The summed E-state index contributed by atoms with van der Waals surface area (Å²) in [6, 6.07) is -1.52. The Hall–Kier alpha value is -1.28. The molecule has 1 aliphatic carbocycles. The van der Waals surface area contributed by atoms with Crippen molar-refractivity contribution in [3.8, 4) is 0 Å². The molecule has 2 amide bonds. The molecular weight excluding hydrogens is 306 g/mol. The predicted octanol–water partition coefficient (Wildman–Crippen LogP) is -0.110. The largest absolute Gasteiger partial charge is 0.480 e. The van der Waals surface area contributed by atoms with E-state index < -0.39 is 28.3 Å². The number of carbonyl (C=O) groups excluding carboxylic acids is 2. The van der Waals surface area contributed by atoms with Gasteiger partial charge < -0.3 is 21.1 Å². The van der Waals surface area contributed by atoms with Crippen molar-refractivity contribution in [3.05, 3.63) is 0 Å². The van der Waals surface area contributed by atoms with Gasteiger partial charge in [-0.2, -0.15) is 0 Å². The molecule has 1 saturated carbocycles. The SMILES string of the molecule is CC1(C)S[C@@H]2[C@H](NC(=O)C3(N)CCCC3)C(=O)N2[C@@H]1C(=O)O. The Morgan fingerprint density at radius 1 is 1.36 bits per heavy atom. The van der Waals surface area contributed by atoms with Crippen molar-refractivity contribution < 1.29 is 19.5 Å². The van der Waals surface area contributed by atoms with E-state index in [-0.39, 0.29) is 17.2 Å². The van der Waals surface area contributed by atoms with Gasteiger partial charge in [0.15, 0.2) is 0 Å². The van der Waals surface area contributed by atoms with Crippen molar-refractivity contribution in [2.45, 2.75) is 67.3 Å². The molecule has 0 aromatic rings. The molecule has 4 N–H and O–H groups in total. The van der Waals surface area contributed by atoms with Crippen LogP contribution in [0.2, 0.25) is 0 Å². The van der Waals surface area contributed by atoms with Crippen LogP contribution in [0.4, 0.5) is 0 Å². The Morgan fingerprint density at radius 3 is 2.50 bits per heavy atom. The minimum Gasteiger partial charge on any atom is -0.480 e. The molecule has 22 heavy (non-hydrogen) atoms. The molecule has 0 aromatic carbocycles. The average molecular weight is 327 g/mol. The normalized spacial score (nSPS) is 35.0. The summed E-state index contributed by atoms with van der Waals surface area (Å²) < 4.78 is -0.584. The monoisotopic (exact) mass is 327 g/mol. The minimum absolute atomic E-state index is 0.291. The molecule has 3 atom stereocenters. The van der Waals surface area contributed by atoms with Crippen LogP contribution in [-0.2, 0) is 14.4 Å². The van der Waals surface area contributed by atoms with Gasteiger partial charge in [-0.15, -0.1) is 11.8 Å². The number of hydrogen-bond donors (Lipinski definition) is 3. The van der Waals surface area contributed by atoms with Gasteiger partial charge in [-0.1, -0.05) is 12.8 Å². The number of amides is 2. The van der Waals surface area contributed by atoms with Crippen LogP contribution >= 0.6 is 11.8 Å². The van der Waals surface area contributed by atoms with Crippen LogP contribution in [0.1, 0.15) is 39.5 Å². The number of carboxylic acids is 1. The first kappa shape index (κ1) is 15.6. The van der Waals surface area contributed by atoms with E-state index in [1.165, 1.54) is 16.7 Å². The highest BCUT2D eigenvalue weighted by Crippen LogP contribution is 2.50. The fraction of sp³-hybridized carbons (Fsp3) is 0.786. The Labute approximate surface area is 133 Å². The van der Waals surface area contributed by atoms with Crippen LogP contribution in [0.5, 0.6) is 0 Å². The molecule has 8 heteroatoms. The summed E-state index contributed by atoms with van der Waals surface area (Å²) in [5.41, 5.74) is 5.22. The highest BCUT2D eigenvalue weighted by molar-refractivity contribution is 8.01. The minimum atomic E-state index is -1.01. The topological polar surface area (TPSA) is 113 Å². The molecule has 0 radical (unpaired) electrons. The first-order valence-electron chi connectivity index (χ1n) is 7.50. The molecule has 2 heterocycles. The Morgan fingerprint density at radius 2 is 1.95 bits per heavy atom. The first-order chi connectivity index (χ1) is 10.2. The number of hydrogen-bond acceptors (Lipinski definition) is 5. The zero-order valence-corrected chi connectivity index (χ0v) is 13.5.